The normalized spacial score (nSPS) is 10.4. The SMILES string of the molecule is CCn1nc(C)cc1C(=O)Nc1ccnc(N(C)C)n1. The highest BCUT2D eigenvalue weighted by Crippen LogP contribution is 2.11. The van der Waals surface area contributed by atoms with Gasteiger partial charge in [0.15, 0.2) is 0 Å². The Balaban J connectivity index is 2.21. The molecule has 0 aliphatic heterocycles. The van der Waals surface area contributed by atoms with Gasteiger partial charge >= 0.3 is 0 Å². The fourth-order valence-electron chi connectivity index (χ4n) is 1.78. The van der Waals surface area contributed by atoms with Gasteiger partial charge in [-0.25, -0.2) is 4.98 Å². The van der Waals surface area contributed by atoms with Gasteiger partial charge in [0.1, 0.15) is 11.5 Å². The van der Waals surface area contributed by atoms with Gasteiger partial charge in [-0.05, 0) is 26.0 Å². The molecule has 1 N–H and O–H groups in total. The number of rotatable bonds is 4. The quantitative estimate of drug-likeness (QED) is 0.910. The summed E-state index contributed by atoms with van der Waals surface area (Å²) in [4.78, 5) is 22.4. The first-order chi connectivity index (χ1) is 9.51. The molecular formula is C13H18N6O. The van der Waals surface area contributed by atoms with Gasteiger partial charge in [-0.1, -0.05) is 0 Å². The van der Waals surface area contributed by atoms with Gasteiger partial charge in [0.05, 0.1) is 5.69 Å². The van der Waals surface area contributed by atoms with Gasteiger partial charge in [0.2, 0.25) is 5.95 Å². The first-order valence-corrected chi connectivity index (χ1v) is 6.37. The maximum Gasteiger partial charge on any atom is 0.275 e. The summed E-state index contributed by atoms with van der Waals surface area (Å²) < 4.78 is 1.67. The maximum absolute atomic E-state index is 12.2. The number of carbonyl (C=O) groups excluding carboxylic acids is 1. The third-order valence-electron chi connectivity index (χ3n) is 2.72. The molecule has 0 aromatic carbocycles. The zero-order valence-corrected chi connectivity index (χ0v) is 12.1. The molecule has 2 rings (SSSR count). The number of aryl methyl sites for hydroxylation is 2. The highest BCUT2D eigenvalue weighted by molar-refractivity contribution is 6.02. The van der Waals surface area contributed by atoms with Crippen molar-refractivity contribution in [1.29, 1.82) is 0 Å². The monoisotopic (exact) mass is 274 g/mol. The molecule has 0 saturated heterocycles. The Morgan fingerprint density at radius 2 is 2.20 bits per heavy atom. The second-order valence-corrected chi connectivity index (χ2v) is 4.58. The molecule has 0 spiro atoms. The lowest BCUT2D eigenvalue weighted by molar-refractivity contribution is 0.101. The largest absolute Gasteiger partial charge is 0.347 e. The van der Waals surface area contributed by atoms with E-state index in [1.807, 2.05) is 27.9 Å². The van der Waals surface area contributed by atoms with Crippen molar-refractivity contribution in [2.24, 2.45) is 0 Å². The van der Waals surface area contributed by atoms with E-state index in [-0.39, 0.29) is 5.91 Å². The van der Waals surface area contributed by atoms with E-state index >= 15 is 0 Å². The van der Waals surface area contributed by atoms with E-state index in [0.29, 0.717) is 24.0 Å². The van der Waals surface area contributed by atoms with Gasteiger partial charge in [0, 0.05) is 26.8 Å². The summed E-state index contributed by atoms with van der Waals surface area (Å²) in [5.74, 6) is 0.786. The summed E-state index contributed by atoms with van der Waals surface area (Å²) >= 11 is 0. The molecule has 0 aliphatic rings. The third kappa shape index (κ3) is 2.93. The average molecular weight is 274 g/mol. The number of nitrogens with one attached hydrogen (secondary N) is 1. The fraction of sp³-hybridized carbons (Fsp3) is 0.385. The van der Waals surface area contributed by atoms with Crippen molar-refractivity contribution in [2.45, 2.75) is 20.4 Å². The van der Waals surface area contributed by atoms with E-state index in [0.717, 1.165) is 5.69 Å². The van der Waals surface area contributed by atoms with E-state index in [1.54, 1.807) is 27.9 Å². The molecule has 0 radical (unpaired) electrons. The molecule has 1 amide bonds. The van der Waals surface area contributed by atoms with Gasteiger partial charge in [-0.15, -0.1) is 0 Å². The molecule has 106 valence electrons. The minimum Gasteiger partial charge on any atom is -0.347 e. The molecule has 0 bridgehead atoms. The van der Waals surface area contributed by atoms with Crippen molar-refractivity contribution in [1.82, 2.24) is 19.7 Å². The van der Waals surface area contributed by atoms with Crippen LogP contribution in [-0.4, -0.2) is 39.8 Å². The van der Waals surface area contributed by atoms with Crippen molar-refractivity contribution in [2.75, 3.05) is 24.3 Å². The van der Waals surface area contributed by atoms with Gasteiger partial charge < -0.3 is 10.2 Å². The Labute approximate surface area is 117 Å². The molecule has 0 fully saturated rings. The van der Waals surface area contributed by atoms with Crippen LogP contribution in [-0.2, 0) is 6.54 Å². The van der Waals surface area contributed by atoms with Crippen LogP contribution >= 0.6 is 0 Å². The predicted octanol–water partition coefficient (Wildman–Crippen LogP) is 1.32. The summed E-state index contributed by atoms with van der Waals surface area (Å²) in [6.07, 6.45) is 1.61. The lowest BCUT2D eigenvalue weighted by Crippen LogP contribution is -2.19. The van der Waals surface area contributed by atoms with Crippen LogP contribution in [0.25, 0.3) is 0 Å². The smallest absolute Gasteiger partial charge is 0.275 e. The van der Waals surface area contributed by atoms with Crippen LogP contribution in [0, 0.1) is 6.92 Å². The number of hydrogen-bond donors (Lipinski definition) is 1. The molecule has 2 heterocycles. The van der Waals surface area contributed by atoms with Crippen molar-refractivity contribution in [3.63, 3.8) is 0 Å². The van der Waals surface area contributed by atoms with Crippen molar-refractivity contribution < 1.29 is 4.79 Å². The van der Waals surface area contributed by atoms with Gasteiger partial charge in [-0.3, -0.25) is 9.48 Å². The molecular weight excluding hydrogens is 256 g/mol. The van der Waals surface area contributed by atoms with Crippen LogP contribution in [0.5, 0.6) is 0 Å². The lowest BCUT2D eigenvalue weighted by Gasteiger charge is -2.11. The summed E-state index contributed by atoms with van der Waals surface area (Å²) in [6.45, 7) is 4.44. The van der Waals surface area contributed by atoms with Gasteiger partial charge in [0.25, 0.3) is 5.91 Å². The number of amides is 1. The number of hydrogen-bond acceptors (Lipinski definition) is 5. The molecule has 7 heteroatoms. The van der Waals surface area contributed by atoms with E-state index < -0.39 is 0 Å². The molecule has 20 heavy (non-hydrogen) atoms. The molecule has 7 nitrogen and oxygen atoms in total. The highest BCUT2D eigenvalue weighted by Gasteiger charge is 2.14. The standard InChI is InChI=1S/C13H18N6O/c1-5-19-10(8-9(2)17-19)12(20)15-11-6-7-14-13(16-11)18(3)4/h6-8H,5H2,1-4H3,(H,14,15,16,20). The molecule has 0 saturated carbocycles. The lowest BCUT2D eigenvalue weighted by atomic mass is 10.3. The van der Waals surface area contributed by atoms with E-state index in [1.165, 1.54) is 0 Å². The van der Waals surface area contributed by atoms with Gasteiger partial charge in [-0.2, -0.15) is 10.1 Å². The summed E-state index contributed by atoms with van der Waals surface area (Å²) in [5, 5.41) is 7.02. The minimum absolute atomic E-state index is 0.226. The number of nitrogens with zero attached hydrogens (tertiary/aromatic N) is 5. The van der Waals surface area contributed by atoms with E-state index in [4.69, 9.17) is 0 Å². The molecule has 2 aromatic rings. The predicted molar refractivity (Wildman–Crippen MR) is 77.0 cm³/mol. The Kier molecular flexibility index (Phi) is 3.97. The average Bonchev–Trinajstić information content (AvgIpc) is 2.80. The van der Waals surface area contributed by atoms with Crippen LogP contribution in [0.2, 0.25) is 0 Å². The summed E-state index contributed by atoms with van der Waals surface area (Å²) in [5.41, 5.74) is 1.34. The van der Waals surface area contributed by atoms with Crippen LogP contribution in [0.1, 0.15) is 23.1 Å². The number of aromatic nitrogens is 4. The van der Waals surface area contributed by atoms with E-state index in [9.17, 15) is 4.79 Å². The Morgan fingerprint density at radius 3 is 2.85 bits per heavy atom. The van der Waals surface area contributed by atoms with Crippen LogP contribution in [0.15, 0.2) is 18.3 Å². The third-order valence-corrected chi connectivity index (χ3v) is 2.72. The maximum atomic E-state index is 12.2. The minimum atomic E-state index is -0.226. The number of anilines is 2. The Hall–Kier alpha value is -2.44. The fourth-order valence-corrected chi connectivity index (χ4v) is 1.78. The first-order valence-electron chi connectivity index (χ1n) is 6.37. The van der Waals surface area contributed by atoms with Crippen LogP contribution < -0.4 is 10.2 Å². The summed E-state index contributed by atoms with van der Waals surface area (Å²) in [6, 6.07) is 3.41. The second kappa shape index (κ2) is 5.68. The Morgan fingerprint density at radius 1 is 1.45 bits per heavy atom. The van der Waals surface area contributed by atoms with Crippen molar-refractivity contribution in [3.05, 3.63) is 29.7 Å². The second-order valence-electron chi connectivity index (χ2n) is 4.58. The summed E-state index contributed by atoms with van der Waals surface area (Å²) in [7, 11) is 3.69. The first kappa shape index (κ1) is 14.0. The van der Waals surface area contributed by atoms with Crippen LogP contribution in [0.4, 0.5) is 11.8 Å². The van der Waals surface area contributed by atoms with Crippen molar-refractivity contribution >= 4 is 17.7 Å². The zero-order valence-electron chi connectivity index (χ0n) is 12.1. The Bertz CT molecular complexity index is 619. The number of carbonyl (C=O) groups is 1. The van der Waals surface area contributed by atoms with Crippen molar-refractivity contribution in [3.8, 4) is 0 Å². The van der Waals surface area contributed by atoms with E-state index in [2.05, 4.69) is 20.4 Å². The molecule has 0 unspecified atom stereocenters. The van der Waals surface area contributed by atoms with Crippen LogP contribution in [0.3, 0.4) is 0 Å². The topological polar surface area (TPSA) is 75.9 Å². The molecule has 0 aliphatic carbocycles. The highest BCUT2D eigenvalue weighted by atomic mass is 16.2. The molecule has 2 aromatic heterocycles. The zero-order chi connectivity index (χ0) is 14.7. The molecule has 0 atom stereocenters.